The Bertz CT molecular complexity index is 1050. The minimum absolute atomic E-state index is 0.134. The van der Waals surface area contributed by atoms with Gasteiger partial charge in [0.15, 0.2) is 0 Å². The molecular weight excluding hydrogens is 450 g/mol. The van der Waals surface area contributed by atoms with Gasteiger partial charge >= 0.3 is 5.97 Å². The highest BCUT2D eigenvalue weighted by atomic mass is 16.5. The Hall–Kier alpha value is -2.73. The van der Waals surface area contributed by atoms with Crippen LogP contribution in [0.1, 0.15) is 49.7 Å². The Morgan fingerprint density at radius 2 is 1.67 bits per heavy atom. The maximum Gasteiger partial charge on any atom is 0.307 e. The van der Waals surface area contributed by atoms with E-state index < -0.39 is 0 Å². The Labute approximate surface area is 215 Å². The molecule has 3 unspecified atom stereocenters. The fraction of sp³-hybridized carbons (Fsp3) is 0.452. The first-order valence-electron chi connectivity index (χ1n) is 13.1. The maximum absolute atomic E-state index is 11.1. The van der Waals surface area contributed by atoms with Crippen molar-refractivity contribution in [2.45, 2.75) is 44.6 Å². The van der Waals surface area contributed by atoms with Crippen molar-refractivity contribution in [1.29, 1.82) is 0 Å². The van der Waals surface area contributed by atoms with E-state index in [1.54, 1.807) is 0 Å². The summed E-state index contributed by atoms with van der Waals surface area (Å²) in [5.41, 5.74) is 13.2. The molecule has 0 bridgehead atoms. The van der Waals surface area contributed by atoms with Gasteiger partial charge in [0.25, 0.3) is 0 Å². The molecule has 2 aromatic rings. The third-order valence-corrected chi connectivity index (χ3v) is 7.81. The fourth-order valence-electron chi connectivity index (χ4n) is 6.10. The third kappa shape index (κ3) is 5.64. The van der Waals surface area contributed by atoms with Crippen molar-refractivity contribution in [1.82, 2.24) is 0 Å². The van der Waals surface area contributed by atoms with E-state index in [1.807, 2.05) is 0 Å². The minimum atomic E-state index is -0.248. The van der Waals surface area contributed by atoms with Crippen molar-refractivity contribution in [3.63, 3.8) is 0 Å². The van der Waals surface area contributed by atoms with Crippen LogP contribution in [-0.2, 0) is 19.0 Å². The van der Waals surface area contributed by atoms with E-state index in [0.717, 1.165) is 32.1 Å². The van der Waals surface area contributed by atoms with E-state index in [2.05, 4.69) is 72.0 Å². The number of allylic oxidation sites excluding steroid dienone is 2. The normalized spacial score (nSPS) is 23.1. The quantitative estimate of drug-likeness (QED) is 0.290. The van der Waals surface area contributed by atoms with Crippen LogP contribution in [0.5, 0.6) is 0 Å². The summed E-state index contributed by atoms with van der Waals surface area (Å²) in [5.74, 6) is 0.112. The van der Waals surface area contributed by atoms with E-state index in [0.29, 0.717) is 32.3 Å². The van der Waals surface area contributed by atoms with Crippen LogP contribution in [0.25, 0.3) is 11.1 Å². The maximum atomic E-state index is 11.1. The molecule has 5 heteroatoms. The molecule has 0 saturated heterocycles. The summed E-state index contributed by atoms with van der Waals surface area (Å²) >= 11 is 0. The summed E-state index contributed by atoms with van der Waals surface area (Å²) in [6.45, 7) is 6.95. The van der Waals surface area contributed by atoms with Crippen molar-refractivity contribution >= 4 is 17.1 Å². The Morgan fingerprint density at radius 3 is 2.36 bits per heavy atom. The average Bonchev–Trinajstić information content (AvgIpc) is 3.42. The van der Waals surface area contributed by atoms with Gasteiger partial charge in [0.1, 0.15) is 0 Å². The van der Waals surface area contributed by atoms with Gasteiger partial charge in [0, 0.05) is 24.7 Å². The second-order valence-electron chi connectivity index (χ2n) is 9.83. The molecule has 36 heavy (non-hydrogen) atoms. The second kappa shape index (κ2) is 12.5. The van der Waals surface area contributed by atoms with Gasteiger partial charge < -0.3 is 19.9 Å². The number of hydrogen-bond donors (Lipinski definition) is 1. The summed E-state index contributed by atoms with van der Waals surface area (Å²) in [4.78, 5) is 11.1. The third-order valence-electron chi connectivity index (χ3n) is 7.81. The van der Waals surface area contributed by atoms with E-state index in [-0.39, 0.29) is 23.8 Å². The van der Waals surface area contributed by atoms with Gasteiger partial charge in [-0.2, -0.15) is 0 Å². The van der Waals surface area contributed by atoms with E-state index in [4.69, 9.17) is 15.2 Å². The van der Waals surface area contributed by atoms with Crippen molar-refractivity contribution in [2.24, 2.45) is 17.1 Å². The highest BCUT2D eigenvalue weighted by Gasteiger charge is 2.56. The second-order valence-corrected chi connectivity index (χ2v) is 9.83. The number of hydrogen-bond acceptors (Lipinski definition) is 5. The van der Waals surface area contributed by atoms with Crippen LogP contribution >= 0.6 is 0 Å². The van der Waals surface area contributed by atoms with Crippen LogP contribution < -0.4 is 5.73 Å². The molecule has 1 saturated carbocycles. The molecule has 4 rings (SSSR count). The summed E-state index contributed by atoms with van der Waals surface area (Å²) in [6.07, 6.45) is 5.02. The highest BCUT2D eigenvalue weighted by Crippen LogP contribution is 2.65. The number of nitrogens with two attached hydrogens (primary N) is 1. The lowest BCUT2D eigenvalue weighted by Crippen LogP contribution is -2.33. The van der Waals surface area contributed by atoms with E-state index >= 15 is 0 Å². The van der Waals surface area contributed by atoms with E-state index in [9.17, 15) is 4.79 Å². The molecule has 2 aliphatic carbocycles. The largest absolute Gasteiger partial charge is 0.469 e. The zero-order valence-electron chi connectivity index (χ0n) is 21.4. The topological polar surface area (TPSA) is 70.8 Å². The predicted octanol–water partition coefficient (Wildman–Crippen LogP) is 5.66. The van der Waals surface area contributed by atoms with Crippen molar-refractivity contribution < 1.29 is 19.0 Å². The van der Waals surface area contributed by atoms with Crippen molar-refractivity contribution in [3.8, 4) is 0 Å². The molecule has 0 heterocycles. The lowest BCUT2D eigenvalue weighted by atomic mass is 9.66. The van der Waals surface area contributed by atoms with E-state index in [1.165, 1.54) is 35.0 Å². The molecule has 192 valence electrons. The molecule has 2 aliphatic rings. The first-order chi connectivity index (χ1) is 17.6. The van der Waals surface area contributed by atoms with Gasteiger partial charge in [-0.3, -0.25) is 4.79 Å². The van der Waals surface area contributed by atoms with Crippen molar-refractivity contribution in [2.75, 3.05) is 33.5 Å². The molecule has 2 aromatic carbocycles. The van der Waals surface area contributed by atoms with Crippen LogP contribution in [0.15, 0.2) is 72.8 Å². The molecular formula is C31H39NO4. The number of carbonyl (C=O) groups excluding carboxylic acids is 1. The molecule has 5 nitrogen and oxygen atoms in total. The number of rotatable bonds is 13. The monoisotopic (exact) mass is 489 g/mol. The molecule has 1 fully saturated rings. The number of methoxy groups -OCH3 is 1. The molecule has 0 radical (unpaired) electrons. The lowest BCUT2D eigenvalue weighted by Gasteiger charge is -2.37. The summed E-state index contributed by atoms with van der Waals surface area (Å²) in [5, 5.41) is 0. The number of fused-ring (bicyclic) bond motifs is 1. The number of carbonyl (C=O) groups is 1. The van der Waals surface area contributed by atoms with Gasteiger partial charge in [-0.15, -0.1) is 0 Å². The number of benzene rings is 2. The molecule has 0 amide bonds. The first kappa shape index (κ1) is 26.3. The standard InChI is InChI=1S/C31H39NO4/c1-23(24-10-5-3-6-11-24)31-17-14-28(32)27(31)22-26(30(31)25-12-7-4-8-13-25)15-20-35-18-9-19-36-21-16-29(33)34-2/h3-8,10-13,27-28H,1,9,14-22,32H2,2H3. The summed E-state index contributed by atoms with van der Waals surface area (Å²) in [6, 6.07) is 21.5. The van der Waals surface area contributed by atoms with Crippen LogP contribution in [0.3, 0.4) is 0 Å². The summed E-state index contributed by atoms with van der Waals surface area (Å²) in [7, 11) is 1.39. The molecule has 3 atom stereocenters. The number of ether oxygens (including phenoxy) is 3. The number of esters is 1. The minimum Gasteiger partial charge on any atom is -0.469 e. The predicted molar refractivity (Wildman–Crippen MR) is 144 cm³/mol. The molecule has 0 aliphatic heterocycles. The van der Waals surface area contributed by atoms with Crippen LogP contribution in [0, 0.1) is 11.3 Å². The zero-order valence-corrected chi connectivity index (χ0v) is 21.4. The summed E-state index contributed by atoms with van der Waals surface area (Å²) < 4.78 is 16.1. The first-order valence-corrected chi connectivity index (χ1v) is 13.1. The van der Waals surface area contributed by atoms with Crippen LogP contribution in [0.4, 0.5) is 0 Å². The molecule has 2 N–H and O–H groups in total. The Morgan fingerprint density at radius 1 is 1.00 bits per heavy atom. The van der Waals surface area contributed by atoms with Gasteiger partial charge in [-0.1, -0.05) is 72.8 Å². The van der Waals surface area contributed by atoms with Crippen molar-refractivity contribution in [3.05, 3.63) is 83.9 Å². The van der Waals surface area contributed by atoms with Gasteiger partial charge in [-0.05, 0) is 60.3 Å². The van der Waals surface area contributed by atoms with Gasteiger partial charge in [-0.25, -0.2) is 0 Å². The van der Waals surface area contributed by atoms with Gasteiger partial charge in [0.05, 0.1) is 26.7 Å². The fourth-order valence-corrected chi connectivity index (χ4v) is 6.10. The Kier molecular flexibility index (Phi) is 9.13. The SMILES string of the molecule is C=C(c1ccccc1)C12CCC(N)C1CC(CCOCCCOCCC(=O)OC)=C2c1ccccc1. The van der Waals surface area contributed by atoms with Gasteiger partial charge in [0.2, 0.25) is 0 Å². The molecule has 0 aromatic heterocycles. The molecule has 0 spiro atoms. The lowest BCUT2D eigenvalue weighted by molar-refractivity contribution is -0.141. The van der Waals surface area contributed by atoms with Crippen LogP contribution in [-0.4, -0.2) is 45.5 Å². The highest BCUT2D eigenvalue weighted by molar-refractivity contribution is 5.90. The van der Waals surface area contributed by atoms with Crippen LogP contribution in [0.2, 0.25) is 0 Å². The average molecular weight is 490 g/mol. The smallest absolute Gasteiger partial charge is 0.307 e. The Balaban J connectivity index is 1.46. The zero-order chi connectivity index (χ0) is 25.4.